The first-order valence-corrected chi connectivity index (χ1v) is 8.75. The molecule has 21 heavy (non-hydrogen) atoms. The summed E-state index contributed by atoms with van der Waals surface area (Å²) in [5.41, 5.74) is 1.15. The van der Waals surface area contributed by atoms with Crippen molar-refractivity contribution in [3.05, 3.63) is 57.5 Å². The summed E-state index contributed by atoms with van der Waals surface area (Å²) in [7, 11) is -3.68. The minimum atomic E-state index is -3.68. The van der Waals surface area contributed by atoms with Crippen molar-refractivity contribution in [1.29, 1.82) is 0 Å². The summed E-state index contributed by atoms with van der Waals surface area (Å²) >= 11 is 9.32. The Morgan fingerprint density at radius 2 is 1.81 bits per heavy atom. The minimum absolute atomic E-state index is 0.0142. The number of halogens is 2. The van der Waals surface area contributed by atoms with Gasteiger partial charge in [-0.3, -0.25) is 4.72 Å². The smallest absolute Gasteiger partial charge is 0.261 e. The van der Waals surface area contributed by atoms with Gasteiger partial charge < -0.3 is 5.11 Å². The van der Waals surface area contributed by atoms with Crippen molar-refractivity contribution in [1.82, 2.24) is 0 Å². The van der Waals surface area contributed by atoms with Crippen molar-refractivity contribution < 1.29 is 13.5 Å². The number of anilines is 1. The van der Waals surface area contributed by atoms with Crippen LogP contribution in [-0.4, -0.2) is 20.1 Å². The van der Waals surface area contributed by atoms with Gasteiger partial charge in [-0.2, -0.15) is 0 Å². The Kier molecular flexibility index (Phi) is 5.27. The average molecular weight is 391 g/mol. The fourth-order valence-electron chi connectivity index (χ4n) is 1.74. The molecule has 0 aromatic heterocycles. The maximum atomic E-state index is 12.3. The van der Waals surface area contributed by atoms with E-state index in [1.165, 1.54) is 12.1 Å². The van der Waals surface area contributed by atoms with Crippen LogP contribution >= 0.6 is 27.5 Å². The van der Waals surface area contributed by atoms with Crippen LogP contribution in [0.25, 0.3) is 0 Å². The Labute approximate surface area is 136 Å². The zero-order valence-electron chi connectivity index (χ0n) is 10.9. The first-order chi connectivity index (χ1) is 9.92. The number of hydrogen-bond acceptors (Lipinski definition) is 3. The largest absolute Gasteiger partial charge is 0.396 e. The second-order valence-corrected chi connectivity index (χ2v) is 7.35. The van der Waals surface area contributed by atoms with Gasteiger partial charge in [-0.05, 0) is 48.4 Å². The van der Waals surface area contributed by atoms with Gasteiger partial charge in [0.15, 0.2) is 0 Å². The normalized spacial score (nSPS) is 11.4. The lowest BCUT2D eigenvalue weighted by Gasteiger charge is -2.11. The quantitative estimate of drug-likeness (QED) is 0.822. The highest BCUT2D eigenvalue weighted by molar-refractivity contribution is 9.10. The number of sulfonamides is 1. The highest BCUT2D eigenvalue weighted by Crippen LogP contribution is 2.26. The van der Waals surface area contributed by atoms with E-state index in [4.69, 9.17) is 16.7 Å². The van der Waals surface area contributed by atoms with Gasteiger partial charge in [-0.25, -0.2) is 8.42 Å². The number of benzene rings is 2. The molecule has 0 fully saturated rings. The van der Waals surface area contributed by atoms with Crippen molar-refractivity contribution in [3.63, 3.8) is 0 Å². The van der Waals surface area contributed by atoms with Gasteiger partial charge >= 0.3 is 0 Å². The molecule has 4 nitrogen and oxygen atoms in total. The molecule has 0 aliphatic carbocycles. The zero-order valence-corrected chi connectivity index (χ0v) is 14.0. The number of aliphatic hydroxyl groups is 1. The van der Waals surface area contributed by atoms with Gasteiger partial charge in [0, 0.05) is 11.1 Å². The van der Waals surface area contributed by atoms with Gasteiger partial charge in [0.2, 0.25) is 0 Å². The monoisotopic (exact) mass is 389 g/mol. The Hall–Kier alpha value is -1.08. The first-order valence-electron chi connectivity index (χ1n) is 6.10. The van der Waals surface area contributed by atoms with E-state index in [-0.39, 0.29) is 11.5 Å². The predicted octanol–water partition coefficient (Wildman–Crippen LogP) is 3.44. The van der Waals surface area contributed by atoms with E-state index in [1.54, 1.807) is 30.3 Å². The van der Waals surface area contributed by atoms with Crippen LogP contribution in [-0.2, 0) is 16.4 Å². The van der Waals surface area contributed by atoms with Crippen LogP contribution in [0.2, 0.25) is 5.02 Å². The summed E-state index contributed by atoms with van der Waals surface area (Å²) in [4.78, 5) is 0.154. The van der Waals surface area contributed by atoms with Crippen LogP contribution in [0.3, 0.4) is 0 Å². The summed E-state index contributed by atoms with van der Waals surface area (Å²) in [6.45, 7) is 0.0142. The fourth-order valence-corrected chi connectivity index (χ4v) is 3.39. The van der Waals surface area contributed by atoms with E-state index in [1.807, 2.05) is 0 Å². The summed E-state index contributed by atoms with van der Waals surface area (Å²) in [6.07, 6.45) is 0.472. The Balaban J connectivity index is 2.26. The second-order valence-electron chi connectivity index (χ2n) is 4.35. The molecule has 0 aliphatic rings. The average Bonchev–Trinajstić information content (AvgIpc) is 2.42. The molecule has 0 saturated carbocycles. The Bertz CT molecular complexity index is 732. The van der Waals surface area contributed by atoms with Crippen molar-refractivity contribution >= 4 is 43.2 Å². The molecule has 0 atom stereocenters. The number of aliphatic hydroxyl groups excluding tert-OH is 1. The predicted molar refractivity (Wildman–Crippen MR) is 87.2 cm³/mol. The van der Waals surface area contributed by atoms with Crippen LogP contribution < -0.4 is 4.72 Å². The number of nitrogens with one attached hydrogen (secondary N) is 1. The van der Waals surface area contributed by atoms with Crippen molar-refractivity contribution in [2.45, 2.75) is 11.3 Å². The molecule has 2 rings (SSSR count). The molecule has 2 N–H and O–H groups in total. The van der Waals surface area contributed by atoms with Gasteiger partial charge in [0.25, 0.3) is 10.0 Å². The van der Waals surface area contributed by atoms with Gasteiger partial charge in [0.1, 0.15) is 0 Å². The molecule has 0 bridgehead atoms. The summed E-state index contributed by atoms with van der Waals surface area (Å²) in [6, 6.07) is 11.3. The van der Waals surface area contributed by atoms with E-state index in [2.05, 4.69) is 20.7 Å². The lowest BCUT2D eigenvalue weighted by molar-refractivity contribution is 0.299. The molecule has 0 heterocycles. The van der Waals surface area contributed by atoms with E-state index in [0.717, 1.165) is 10.0 Å². The van der Waals surface area contributed by atoms with Gasteiger partial charge in [0.05, 0.1) is 15.6 Å². The third-order valence-corrected chi connectivity index (χ3v) is 5.03. The fraction of sp³-hybridized carbons (Fsp3) is 0.143. The minimum Gasteiger partial charge on any atom is -0.396 e. The second kappa shape index (κ2) is 6.79. The van der Waals surface area contributed by atoms with Crippen molar-refractivity contribution in [2.24, 2.45) is 0 Å². The van der Waals surface area contributed by atoms with Crippen molar-refractivity contribution in [2.75, 3.05) is 11.3 Å². The third-order valence-electron chi connectivity index (χ3n) is 2.80. The highest BCUT2D eigenvalue weighted by atomic mass is 79.9. The standard InChI is InChI=1S/C14H13BrClNO3S/c15-11-2-4-12(5-3-11)21(19,20)17-14-6-1-10(7-8-18)9-13(14)16/h1-6,9,17-18H,7-8H2. The van der Waals surface area contributed by atoms with E-state index < -0.39 is 10.0 Å². The van der Waals surface area contributed by atoms with E-state index in [0.29, 0.717) is 17.1 Å². The Morgan fingerprint density at radius 3 is 2.38 bits per heavy atom. The maximum Gasteiger partial charge on any atom is 0.261 e. The van der Waals surface area contributed by atoms with Crippen LogP contribution in [0.15, 0.2) is 51.8 Å². The SMILES string of the molecule is O=S(=O)(Nc1ccc(CCO)cc1Cl)c1ccc(Br)cc1. The number of hydrogen-bond donors (Lipinski definition) is 2. The van der Waals surface area contributed by atoms with Crippen LogP contribution in [0.1, 0.15) is 5.56 Å². The lowest BCUT2D eigenvalue weighted by atomic mass is 10.1. The molecule has 2 aromatic rings. The molecule has 0 amide bonds. The molecule has 2 aromatic carbocycles. The molecule has 0 saturated heterocycles. The van der Waals surface area contributed by atoms with Gasteiger partial charge in [-0.15, -0.1) is 0 Å². The molecule has 0 aliphatic heterocycles. The topological polar surface area (TPSA) is 66.4 Å². The lowest BCUT2D eigenvalue weighted by Crippen LogP contribution is -2.13. The zero-order chi connectivity index (χ0) is 15.5. The maximum absolute atomic E-state index is 12.3. The van der Waals surface area contributed by atoms with E-state index >= 15 is 0 Å². The summed E-state index contributed by atoms with van der Waals surface area (Å²) in [5, 5.41) is 9.17. The molecule has 0 radical (unpaired) electrons. The third kappa shape index (κ3) is 4.20. The molecule has 7 heteroatoms. The molecular weight excluding hydrogens is 378 g/mol. The van der Waals surface area contributed by atoms with Crippen LogP contribution in [0, 0.1) is 0 Å². The molecular formula is C14H13BrClNO3S. The first kappa shape index (κ1) is 16.3. The van der Waals surface area contributed by atoms with Crippen LogP contribution in [0.5, 0.6) is 0 Å². The highest BCUT2D eigenvalue weighted by Gasteiger charge is 2.15. The summed E-state index contributed by atoms with van der Waals surface area (Å²) < 4.78 is 27.8. The van der Waals surface area contributed by atoms with E-state index in [9.17, 15) is 8.42 Å². The molecule has 0 spiro atoms. The molecule has 112 valence electrons. The Morgan fingerprint density at radius 1 is 1.14 bits per heavy atom. The summed E-state index contributed by atoms with van der Waals surface area (Å²) in [5.74, 6) is 0. The number of rotatable bonds is 5. The van der Waals surface area contributed by atoms with Gasteiger partial charge in [-0.1, -0.05) is 33.6 Å². The molecule has 0 unspecified atom stereocenters. The van der Waals surface area contributed by atoms with Crippen molar-refractivity contribution in [3.8, 4) is 0 Å². The van der Waals surface area contributed by atoms with Crippen LogP contribution in [0.4, 0.5) is 5.69 Å².